The van der Waals surface area contributed by atoms with Crippen molar-refractivity contribution in [3.63, 3.8) is 0 Å². The summed E-state index contributed by atoms with van der Waals surface area (Å²) in [7, 11) is 0. The fourth-order valence-corrected chi connectivity index (χ4v) is 7.44. The van der Waals surface area contributed by atoms with Gasteiger partial charge in [-0.15, -0.1) is 0 Å². The standard InChI is InChI=1S/C40H48N4O6/c1-28-16-18-32-22-31(28)25-41-37(46)35(19-17-29-10-4-2-5-11-29)42-38(47)34(43-39(48)49-26-30-12-6-3-7-13-30)14-8-15-36(45)44-21-9-20-40(27-44)23-33(24-40)50-32/h2-7,10-13,16,18,22,33-35H,8-9,14-15,17,19-21,23-27H2,1H3,(H,41,46)(H,42,47)(H,43,48)/t33?,34-,35-,40?/m0/s1. The van der Waals surface area contributed by atoms with E-state index < -0.39 is 24.1 Å². The van der Waals surface area contributed by atoms with Crippen LogP contribution in [0.3, 0.4) is 0 Å². The molecule has 3 aromatic carbocycles. The number of carbonyl (C=O) groups is 4. The second kappa shape index (κ2) is 16.2. The van der Waals surface area contributed by atoms with E-state index in [1.165, 1.54) is 0 Å². The van der Waals surface area contributed by atoms with Crippen molar-refractivity contribution in [2.45, 2.75) is 96.1 Å². The molecular formula is C40H48N4O6. The van der Waals surface area contributed by atoms with Gasteiger partial charge in [0.25, 0.3) is 0 Å². The highest BCUT2D eigenvalue weighted by molar-refractivity contribution is 5.91. The van der Waals surface area contributed by atoms with Crippen molar-refractivity contribution in [1.29, 1.82) is 0 Å². The Morgan fingerprint density at radius 3 is 2.46 bits per heavy atom. The topological polar surface area (TPSA) is 126 Å². The molecule has 264 valence electrons. The predicted octanol–water partition coefficient (Wildman–Crippen LogP) is 5.36. The van der Waals surface area contributed by atoms with Crippen molar-refractivity contribution < 1.29 is 28.7 Å². The van der Waals surface area contributed by atoms with Gasteiger partial charge in [-0.3, -0.25) is 14.4 Å². The third-order valence-electron chi connectivity index (χ3n) is 10.3. The van der Waals surface area contributed by atoms with Crippen LogP contribution in [0.4, 0.5) is 4.79 Å². The molecule has 2 atom stereocenters. The van der Waals surface area contributed by atoms with Gasteiger partial charge in [0.1, 0.15) is 24.4 Å². The first-order chi connectivity index (χ1) is 24.2. The molecule has 3 heterocycles. The Bertz CT molecular complexity index is 1640. The molecule has 7 rings (SSSR count). The average molecular weight is 681 g/mol. The zero-order valence-electron chi connectivity index (χ0n) is 28.8. The zero-order valence-corrected chi connectivity index (χ0v) is 28.8. The number of aryl methyl sites for hydroxylation is 2. The quantitative estimate of drug-likeness (QED) is 0.322. The SMILES string of the molecule is Cc1ccc2cc1CNC(=O)[C@H](CCc1ccccc1)NC(=O)[C@@H](NC(=O)OCc1ccccc1)CCCC(=O)N1CCCC3(CC(C3)O2)C1. The maximum Gasteiger partial charge on any atom is 0.408 e. The fraction of sp³-hybridized carbons (Fsp3) is 0.450. The third kappa shape index (κ3) is 9.22. The van der Waals surface area contributed by atoms with Gasteiger partial charge < -0.3 is 30.3 Å². The number of rotatable bonds is 6. The number of nitrogens with one attached hydrogen (secondary N) is 3. The lowest BCUT2D eigenvalue weighted by atomic mass is 9.62. The monoisotopic (exact) mass is 680 g/mol. The number of ether oxygens (including phenoxy) is 2. The van der Waals surface area contributed by atoms with E-state index in [2.05, 4.69) is 16.0 Å². The summed E-state index contributed by atoms with van der Waals surface area (Å²) >= 11 is 0. The van der Waals surface area contributed by atoms with Crippen LogP contribution in [0, 0.1) is 12.3 Å². The van der Waals surface area contributed by atoms with Crippen molar-refractivity contribution in [1.82, 2.24) is 20.9 Å². The Balaban J connectivity index is 1.21. The summed E-state index contributed by atoms with van der Waals surface area (Å²) in [6, 6.07) is 23.2. The van der Waals surface area contributed by atoms with Crippen LogP contribution in [0.5, 0.6) is 5.75 Å². The highest BCUT2D eigenvalue weighted by Crippen LogP contribution is 2.49. The van der Waals surface area contributed by atoms with E-state index in [1.807, 2.05) is 90.7 Å². The van der Waals surface area contributed by atoms with Crippen LogP contribution in [0.25, 0.3) is 0 Å². The normalized spacial score (nSPS) is 24.5. The number of amides is 4. The Morgan fingerprint density at radius 2 is 1.70 bits per heavy atom. The van der Waals surface area contributed by atoms with Crippen molar-refractivity contribution in [3.8, 4) is 5.75 Å². The van der Waals surface area contributed by atoms with E-state index in [-0.39, 0.29) is 49.3 Å². The summed E-state index contributed by atoms with van der Waals surface area (Å²) in [4.78, 5) is 56.0. The van der Waals surface area contributed by atoms with Crippen molar-refractivity contribution in [2.24, 2.45) is 5.41 Å². The second-order valence-electron chi connectivity index (χ2n) is 14.1. The van der Waals surface area contributed by atoms with Gasteiger partial charge in [0, 0.05) is 26.1 Å². The van der Waals surface area contributed by atoms with Gasteiger partial charge in [-0.05, 0) is 98.1 Å². The second-order valence-corrected chi connectivity index (χ2v) is 14.1. The van der Waals surface area contributed by atoms with Gasteiger partial charge in [0.2, 0.25) is 17.7 Å². The minimum Gasteiger partial charge on any atom is -0.490 e. The van der Waals surface area contributed by atoms with Crippen LogP contribution in [0.15, 0.2) is 78.9 Å². The maximum absolute atomic E-state index is 13.9. The summed E-state index contributed by atoms with van der Waals surface area (Å²) < 4.78 is 11.8. The molecule has 2 fully saturated rings. The molecule has 10 heteroatoms. The molecule has 50 heavy (non-hydrogen) atoms. The molecule has 3 aliphatic heterocycles. The van der Waals surface area contributed by atoms with Crippen molar-refractivity contribution in [3.05, 3.63) is 101 Å². The molecule has 1 saturated heterocycles. The molecule has 3 aromatic rings. The van der Waals surface area contributed by atoms with E-state index in [1.54, 1.807) is 0 Å². The smallest absolute Gasteiger partial charge is 0.408 e. The average Bonchev–Trinajstić information content (AvgIpc) is 3.12. The predicted molar refractivity (Wildman–Crippen MR) is 189 cm³/mol. The first-order valence-corrected chi connectivity index (χ1v) is 17.9. The van der Waals surface area contributed by atoms with Crippen LogP contribution in [0.1, 0.15) is 73.6 Å². The van der Waals surface area contributed by atoms with Gasteiger partial charge in [-0.25, -0.2) is 4.79 Å². The van der Waals surface area contributed by atoms with Gasteiger partial charge in [0.15, 0.2) is 0 Å². The fourth-order valence-electron chi connectivity index (χ4n) is 7.44. The Kier molecular flexibility index (Phi) is 11.4. The molecule has 1 saturated carbocycles. The summed E-state index contributed by atoms with van der Waals surface area (Å²) in [6.45, 7) is 3.76. The number of alkyl carbamates (subject to hydrolysis) is 1. The van der Waals surface area contributed by atoms with Gasteiger partial charge in [0.05, 0.1) is 6.10 Å². The molecule has 0 unspecified atom stereocenters. The van der Waals surface area contributed by atoms with Crippen molar-refractivity contribution >= 4 is 23.8 Å². The minimum atomic E-state index is -1.00. The van der Waals surface area contributed by atoms with E-state index in [9.17, 15) is 19.2 Å². The summed E-state index contributed by atoms with van der Waals surface area (Å²) in [5.74, 6) is -0.00548. The lowest BCUT2D eigenvalue weighted by Crippen LogP contribution is -2.55. The first-order valence-electron chi connectivity index (χ1n) is 17.9. The highest BCUT2D eigenvalue weighted by atomic mass is 16.5. The largest absolute Gasteiger partial charge is 0.490 e. The maximum atomic E-state index is 13.9. The van der Waals surface area contributed by atoms with Crippen LogP contribution in [-0.2, 0) is 38.7 Å². The molecule has 4 amide bonds. The van der Waals surface area contributed by atoms with Crippen LogP contribution in [-0.4, -0.2) is 60.0 Å². The van der Waals surface area contributed by atoms with E-state index in [4.69, 9.17) is 9.47 Å². The number of nitrogens with zero attached hydrogens (tertiary/aromatic N) is 1. The number of fused-ring (bicyclic) bond motifs is 10. The number of hydrogen-bond donors (Lipinski definition) is 3. The summed E-state index contributed by atoms with van der Waals surface area (Å²) in [6.07, 6.45) is 4.95. The molecule has 10 nitrogen and oxygen atoms in total. The van der Waals surface area contributed by atoms with E-state index in [0.717, 1.165) is 60.2 Å². The molecule has 4 aliphatic rings. The lowest BCUT2D eigenvalue weighted by Gasteiger charge is -2.52. The summed E-state index contributed by atoms with van der Waals surface area (Å²) in [5, 5.41) is 8.69. The number of hydrogen-bond acceptors (Lipinski definition) is 6. The first kappa shape index (κ1) is 35.0. The van der Waals surface area contributed by atoms with Crippen LogP contribution >= 0.6 is 0 Å². The Labute approximate surface area is 294 Å². The van der Waals surface area contributed by atoms with Gasteiger partial charge in [-0.1, -0.05) is 66.7 Å². The Morgan fingerprint density at radius 1 is 0.960 bits per heavy atom. The Hall–Kier alpha value is -4.86. The molecule has 1 aliphatic carbocycles. The number of benzene rings is 3. The molecule has 0 radical (unpaired) electrons. The van der Waals surface area contributed by atoms with Crippen LogP contribution < -0.4 is 20.7 Å². The van der Waals surface area contributed by atoms with E-state index >= 15 is 0 Å². The minimum absolute atomic E-state index is 0.0465. The molecular weight excluding hydrogens is 632 g/mol. The molecule has 1 spiro atoms. The van der Waals surface area contributed by atoms with Gasteiger partial charge in [-0.2, -0.15) is 0 Å². The molecule has 5 bridgehead atoms. The van der Waals surface area contributed by atoms with E-state index in [0.29, 0.717) is 25.8 Å². The lowest BCUT2D eigenvalue weighted by molar-refractivity contribution is -0.140. The van der Waals surface area contributed by atoms with Crippen molar-refractivity contribution in [2.75, 3.05) is 13.1 Å². The third-order valence-corrected chi connectivity index (χ3v) is 10.3. The number of carbonyl (C=O) groups excluding carboxylic acids is 4. The summed E-state index contributed by atoms with van der Waals surface area (Å²) in [5.41, 5.74) is 3.88. The number of piperidine rings is 1. The highest BCUT2D eigenvalue weighted by Gasteiger charge is 2.48. The zero-order chi connectivity index (χ0) is 34.9. The molecule has 3 N–H and O–H groups in total. The molecule has 0 aromatic heterocycles. The van der Waals surface area contributed by atoms with Crippen LogP contribution in [0.2, 0.25) is 0 Å². The van der Waals surface area contributed by atoms with Gasteiger partial charge >= 0.3 is 6.09 Å².